The number of hydrogen-bond acceptors (Lipinski definition) is 12. The van der Waals surface area contributed by atoms with E-state index in [1.54, 1.807) is 24.3 Å². The van der Waals surface area contributed by atoms with Gasteiger partial charge in [0.25, 0.3) is 0 Å². The Morgan fingerprint density at radius 1 is 0.944 bits per heavy atom. The van der Waals surface area contributed by atoms with E-state index < -0.39 is 54.6 Å². The monoisotopic (exact) mass is 525 g/mol. The minimum atomic E-state index is -1.33. The molecule has 196 valence electrons. The highest BCUT2D eigenvalue weighted by Gasteiger charge is 2.53. The van der Waals surface area contributed by atoms with Crippen molar-refractivity contribution in [3.05, 3.63) is 29.8 Å². The molecule has 14 heteroatoms. The quantitative estimate of drug-likeness (QED) is 0.148. The molecule has 2 rings (SSSR count). The predicted octanol–water partition coefficient (Wildman–Crippen LogP) is 0.316. The molecule has 0 amide bonds. The molecular weight excluding hydrogens is 498 g/mol. The highest BCUT2D eigenvalue weighted by atomic mass is 32.1. The van der Waals surface area contributed by atoms with Crippen LogP contribution in [0.3, 0.4) is 0 Å². The van der Waals surface area contributed by atoms with E-state index in [1.165, 1.54) is 13.1 Å². The lowest BCUT2D eigenvalue weighted by Crippen LogP contribution is -2.63. The second kappa shape index (κ2) is 13.3. The van der Waals surface area contributed by atoms with E-state index in [-0.39, 0.29) is 17.5 Å². The number of carbonyl (C=O) groups is 4. The zero-order chi connectivity index (χ0) is 26.8. The smallest absolute Gasteiger partial charge is 0.303 e. The van der Waals surface area contributed by atoms with Crippen LogP contribution in [-0.4, -0.2) is 72.5 Å². The van der Waals surface area contributed by atoms with Gasteiger partial charge in [-0.1, -0.05) is 0 Å². The summed E-state index contributed by atoms with van der Waals surface area (Å²) in [6.07, 6.45) is -4.91. The molecule has 13 nitrogen and oxygen atoms in total. The zero-order valence-electron chi connectivity index (χ0n) is 20.0. The van der Waals surface area contributed by atoms with Crippen LogP contribution in [0, 0.1) is 0 Å². The largest absolute Gasteiger partial charge is 0.463 e. The van der Waals surface area contributed by atoms with Crippen LogP contribution in [-0.2, 0) is 42.9 Å². The van der Waals surface area contributed by atoms with Crippen molar-refractivity contribution in [3.63, 3.8) is 0 Å². The Morgan fingerprint density at radius 3 is 2.03 bits per heavy atom. The van der Waals surface area contributed by atoms with Gasteiger partial charge in [0.05, 0.1) is 6.21 Å². The summed E-state index contributed by atoms with van der Waals surface area (Å²) in [6, 6.07) is 6.48. The van der Waals surface area contributed by atoms with E-state index in [1.807, 2.05) is 0 Å². The normalized spacial score (nSPS) is 23.3. The van der Waals surface area contributed by atoms with Gasteiger partial charge >= 0.3 is 23.9 Å². The fraction of sp³-hybridized carbons (Fsp3) is 0.455. The van der Waals surface area contributed by atoms with Gasteiger partial charge in [-0.15, -0.1) is 0 Å². The number of ether oxygens (including phenoxy) is 6. The van der Waals surface area contributed by atoms with Gasteiger partial charge < -0.3 is 34.2 Å². The van der Waals surface area contributed by atoms with Crippen LogP contribution in [0.1, 0.15) is 33.3 Å². The van der Waals surface area contributed by atoms with E-state index in [4.69, 9.17) is 34.2 Å². The molecule has 0 spiro atoms. The molecule has 0 unspecified atom stereocenters. The molecule has 3 N–H and O–H groups in total. The SMILES string of the molecule is CC(=O)OC[C@H]1O[C@@H](Oc2ccc(/C=N\NC(N)=S)cc2)[C@H](OC(C)=O)[C@@H](OC(C)=O)[C@@H]1OC(C)=O. The van der Waals surface area contributed by atoms with Crippen LogP contribution >= 0.6 is 12.2 Å². The predicted molar refractivity (Wildman–Crippen MR) is 127 cm³/mol. The third-order valence-electron chi connectivity index (χ3n) is 4.47. The molecule has 1 aromatic carbocycles. The van der Waals surface area contributed by atoms with Crippen LogP contribution in [0.2, 0.25) is 0 Å². The molecule has 0 saturated carbocycles. The number of rotatable bonds is 9. The highest BCUT2D eigenvalue weighted by Crippen LogP contribution is 2.31. The lowest BCUT2D eigenvalue weighted by Gasteiger charge is -2.43. The molecule has 0 aliphatic carbocycles. The van der Waals surface area contributed by atoms with Gasteiger partial charge in [0.2, 0.25) is 12.4 Å². The standard InChI is InChI=1S/C22H27N3O10S/c1-11(26)30-10-17-18(31-12(2)27)19(32-13(3)28)20(33-14(4)29)21(35-17)34-16-7-5-15(6-8-16)9-24-25-22(23)36/h5-9,17-21H,10H2,1-4H3,(H3,23,25,36)/b24-9-/t17-,18-,19+,20-,21-/m1/s1. The number of thiocarbonyl (C=S) groups is 1. The first-order valence-electron chi connectivity index (χ1n) is 10.6. The fourth-order valence-corrected chi connectivity index (χ4v) is 3.27. The van der Waals surface area contributed by atoms with E-state index in [2.05, 4.69) is 22.7 Å². The van der Waals surface area contributed by atoms with E-state index in [0.29, 0.717) is 5.56 Å². The van der Waals surface area contributed by atoms with E-state index in [9.17, 15) is 19.2 Å². The molecule has 1 aliphatic heterocycles. The molecule has 1 heterocycles. The summed E-state index contributed by atoms with van der Waals surface area (Å²) in [7, 11) is 0. The first kappa shape index (κ1) is 28.5. The van der Waals surface area contributed by atoms with Gasteiger partial charge in [-0.2, -0.15) is 5.10 Å². The van der Waals surface area contributed by atoms with Crippen molar-refractivity contribution < 1.29 is 47.6 Å². The van der Waals surface area contributed by atoms with Crippen molar-refractivity contribution >= 4 is 47.4 Å². The molecule has 0 aromatic heterocycles. The van der Waals surface area contributed by atoms with Crippen molar-refractivity contribution in [2.24, 2.45) is 10.8 Å². The summed E-state index contributed by atoms with van der Waals surface area (Å²) < 4.78 is 32.9. The summed E-state index contributed by atoms with van der Waals surface area (Å²) in [6.45, 7) is 4.24. The van der Waals surface area contributed by atoms with Crippen molar-refractivity contribution in [1.29, 1.82) is 0 Å². The summed E-state index contributed by atoms with van der Waals surface area (Å²) >= 11 is 4.67. The van der Waals surface area contributed by atoms with Gasteiger partial charge in [-0.3, -0.25) is 24.6 Å². The van der Waals surface area contributed by atoms with Crippen molar-refractivity contribution in [2.45, 2.75) is 58.4 Å². The number of carbonyl (C=O) groups excluding carboxylic acids is 4. The second-order valence-electron chi connectivity index (χ2n) is 7.49. The Bertz CT molecular complexity index is 1000. The zero-order valence-corrected chi connectivity index (χ0v) is 20.8. The van der Waals surface area contributed by atoms with Gasteiger partial charge in [-0.05, 0) is 42.0 Å². The molecule has 0 bridgehead atoms. The molecule has 5 atom stereocenters. The Kier molecular flexibility index (Phi) is 10.5. The van der Waals surface area contributed by atoms with Gasteiger partial charge in [-0.25, -0.2) is 0 Å². The summed E-state index contributed by atoms with van der Waals surface area (Å²) in [4.78, 5) is 46.9. The van der Waals surface area contributed by atoms with Crippen molar-refractivity contribution in [3.8, 4) is 5.75 Å². The molecule has 1 saturated heterocycles. The lowest BCUT2D eigenvalue weighted by molar-refractivity contribution is -0.288. The number of benzene rings is 1. The minimum absolute atomic E-state index is 0.00913. The second-order valence-corrected chi connectivity index (χ2v) is 7.93. The number of nitrogens with two attached hydrogens (primary N) is 1. The molecule has 1 aromatic rings. The number of hydrogen-bond donors (Lipinski definition) is 2. The van der Waals surface area contributed by atoms with Gasteiger partial charge in [0.15, 0.2) is 17.3 Å². The Hall–Kier alpha value is -3.78. The minimum Gasteiger partial charge on any atom is -0.463 e. The van der Waals surface area contributed by atoms with Crippen molar-refractivity contribution in [1.82, 2.24) is 5.43 Å². The van der Waals surface area contributed by atoms with Gasteiger partial charge in [0.1, 0.15) is 18.5 Å². The number of hydrazone groups is 1. The first-order chi connectivity index (χ1) is 17.0. The van der Waals surface area contributed by atoms with Crippen molar-refractivity contribution in [2.75, 3.05) is 6.61 Å². The summed E-state index contributed by atoms with van der Waals surface area (Å²) in [5.41, 5.74) is 8.41. The average molecular weight is 526 g/mol. The van der Waals surface area contributed by atoms with E-state index in [0.717, 1.165) is 20.8 Å². The maximum absolute atomic E-state index is 11.9. The third kappa shape index (κ3) is 9.11. The van der Waals surface area contributed by atoms with Crippen LogP contribution in [0.4, 0.5) is 0 Å². The van der Waals surface area contributed by atoms with Crippen LogP contribution in [0.15, 0.2) is 29.4 Å². The molecule has 1 fully saturated rings. The summed E-state index contributed by atoms with van der Waals surface area (Å²) in [5.74, 6) is -2.53. The fourth-order valence-electron chi connectivity index (χ4n) is 3.22. The Balaban J connectivity index is 2.36. The Morgan fingerprint density at radius 2 is 1.50 bits per heavy atom. The maximum Gasteiger partial charge on any atom is 0.303 e. The number of nitrogens with zero attached hydrogens (tertiary/aromatic N) is 1. The van der Waals surface area contributed by atoms with Crippen LogP contribution in [0.5, 0.6) is 5.75 Å². The highest BCUT2D eigenvalue weighted by molar-refractivity contribution is 7.80. The maximum atomic E-state index is 11.9. The third-order valence-corrected chi connectivity index (χ3v) is 4.56. The van der Waals surface area contributed by atoms with Crippen LogP contribution in [0.25, 0.3) is 0 Å². The molecule has 0 radical (unpaired) electrons. The Labute approximate surface area is 212 Å². The molecule has 36 heavy (non-hydrogen) atoms. The van der Waals surface area contributed by atoms with Crippen LogP contribution < -0.4 is 15.9 Å². The molecular formula is C22H27N3O10S. The first-order valence-corrected chi connectivity index (χ1v) is 11.0. The number of esters is 4. The van der Waals surface area contributed by atoms with Gasteiger partial charge in [0, 0.05) is 27.7 Å². The topological polar surface area (TPSA) is 174 Å². The molecule has 1 aliphatic rings. The summed E-state index contributed by atoms with van der Waals surface area (Å²) in [5, 5.41) is 3.86. The number of nitrogens with one attached hydrogen (secondary N) is 1. The lowest BCUT2D eigenvalue weighted by atomic mass is 9.98. The average Bonchev–Trinajstić information content (AvgIpc) is 2.76. The van der Waals surface area contributed by atoms with E-state index >= 15 is 0 Å².